The Bertz CT molecular complexity index is 464. The maximum absolute atomic E-state index is 6.03. The lowest BCUT2D eigenvalue weighted by atomic mass is 10.0. The highest BCUT2D eigenvalue weighted by molar-refractivity contribution is 5.35. The summed E-state index contributed by atoms with van der Waals surface area (Å²) in [7, 11) is 0. The zero-order chi connectivity index (χ0) is 14.0. The summed E-state index contributed by atoms with van der Waals surface area (Å²) in [6.45, 7) is 2.25. The number of rotatable bonds is 5. The van der Waals surface area contributed by atoms with E-state index in [9.17, 15) is 0 Å². The Morgan fingerprint density at radius 2 is 2.00 bits per heavy atom. The average molecular weight is 268 g/mol. The molecule has 1 aliphatic heterocycles. The van der Waals surface area contributed by atoms with Crippen LogP contribution in [0.25, 0.3) is 0 Å². The van der Waals surface area contributed by atoms with E-state index in [0.29, 0.717) is 6.10 Å². The summed E-state index contributed by atoms with van der Waals surface area (Å²) in [6, 6.07) is 10.1. The lowest BCUT2D eigenvalue weighted by Crippen LogP contribution is -2.22. The van der Waals surface area contributed by atoms with Gasteiger partial charge in [0, 0.05) is 5.56 Å². The first-order valence-corrected chi connectivity index (χ1v) is 7.77. The first-order chi connectivity index (χ1) is 9.88. The summed E-state index contributed by atoms with van der Waals surface area (Å²) in [5, 5.41) is 0. The quantitative estimate of drug-likeness (QED) is 0.426. The molecule has 1 nitrogen and oxygen atoms in total. The summed E-state index contributed by atoms with van der Waals surface area (Å²) < 4.78 is 6.03. The molecule has 1 aliphatic rings. The first kappa shape index (κ1) is 14.9. The van der Waals surface area contributed by atoms with Gasteiger partial charge in [-0.2, -0.15) is 0 Å². The van der Waals surface area contributed by atoms with E-state index in [1.54, 1.807) is 0 Å². The molecule has 2 atom stereocenters. The van der Waals surface area contributed by atoms with Crippen molar-refractivity contribution in [2.75, 3.05) is 0 Å². The van der Waals surface area contributed by atoms with Gasteiger partial charge in [-0.15, -0.1) is 0 Å². The summed E-state index contributed by atoms with van der Waals surface area (Å²) >= 11 is 0. The third-order valence-electron chi connectivity index (χ3n) is 3.56. The van der Waals surface area contributed by atoms with Crippen LogP contribution in [0.2, 0.25) is 0 Å². The monoisotopic (exact) mass is 268 g/mol. The van der Waals surface area contributed by atoms with Crippen molar-refractivity contribution in [3.63, 3.8) is 0 Å². The molecule has 0 fully saturated rings. The Kier molecular flexibility index (Phi) is 6.41. The largest absolute Gasteiger partial charge is 0.358 e. The molecule has 0 N–H and O–H groups in total. The Labute approximate surface area is 123 Å². The van der Waals surface area contributed by atoms with Gasteiger partial charge in [0.1, 0.15) is 6.10 Å². The van der Waals surface area contributed by atoms with Crippen molar-refractivity contribution in [2.24, 2.45) is 0 Å². The van der Waals surface area contributed by atoms with Crippen molar-refractivity contribution >= 4 is 0 Å². The lowest BCUT2D eigenvalue weighted by Gasteiger charge is -2.22. The molecule has 1 heteroatoms. The highest BCUT2D eigenvalue weighted by Crippen LogP contribution is 2.18. The summed E-state index contributed by atoms with van der Waals surface area (Å²) in [4.78, 5) is 0. The van der Waals surface area contributed by atoms with Gasteiger partial charge in [-0.3, -0.25) is 0 Å². The van der Waals surface area contributed by atoms with E-state index in [1.165, 1.54) is 25.7 Å². The second-order valence-corrected chi connectivity index (χ2v) is 5.33. The zero-order valence-corrected chi connectivity index (χ0v) is 12.3. The van der Waals surface area contributed by atoms with Gasteiger partial charge in [0.25, 0.3) is 0 Å². The summed E-state index contributed by atoms with van der Waals surface area (Å²) in [5.74, 6) is 6.40. The van der Waals surface area contributed by atoms with Gasteiger partial charge in [0.2, 0.25) is 0 Å². The number of unbranched alkanes of at least 4 members (excludes halogenated alkanes) is 3. The third kappa shape index (κ3) is 5.23. The van der Waals surface area contributed by atoms with Gasteiger partial charge in [-0.25, -0.2) is 0 Å². The van der Waals surface area contributed by atoms with Crippen LogP contribution in [0.15, 0.2) is 42.5 Å². The van der Waals surface area contributed by atoms with Crippen molar-refractivity contribution in [3.8, 4) is 11.8 Å². The topological polar surface area (TPSA) is 9.23 Å². The Balaban J connectivity index is 1.80. The standard InChI is InChI=1S/C19H24O/c1-2-3-4-8-12-18-13-9-14-19(20-18)16-15-17-10-6-5-7-11-17/h5-7,9-11,14,18-19H,2-4,8,12-13H2,1H3/t18-,19+/m0/s1. The number of ether oxygens (including phenoxy) is 1. The van der Waals surface area contributed by atoms with Crippen LogP contribution in [-0.2, 0) is 4.74 Å². The molecule has 20 heavy (non-hydrogen) atoms. The SMILES string of the molecule is CCCCCC[C@H]1CC=C[C@H](C#Cc2ccccc2)O1. The summed E-state index contributed by atoms with van der Waals surface area (Å²) in [5.41, 5.74) is 1.05. The van der Waals surface area contributed by atoms with E-state index in [1.807, 2.05) is 30.3 Å². The Morgan fingerprint density at radius 1 is 1.15 bits per heavy atom. The van der Waals surface area contributed by atoms with Crippen molar-refractivity contribution in [1.29, 1.82) is 0 Å². The van der Waals surface area contributed by atoms with E-state index < -0.39 is 0 Å². The van der Waals surface area contributed by atoms with Gasteiger partial charge in [0.05, 0.1) is 6.10 Å². The maximum atomic E-state index is 6.03. The molecule has 0 radical (unpaired) electrons. The van der Waals surface area contributed by atoms with Gasteiger partial charge in [0.15, 0.2) is 0 Å². The fraction of sp³-hybridized carbons (Fsp3) is 0.474. The van der Waals surface area contributed by atoms with Gasteiger partial charge in [-0.1, -0.05) is 68.7 Å². The highest BCUT2D eigenvalue weighted by Gasteiger charge is 2.15. The number of hydrogen-bond acceptors (Lipinski definition) is 1. The van der Waals surface area contributed by atoms with Gasteiger partial charge < -0.3 is 4.74 Å². The minimum absolute atomic E-state index is 0.0415. The highest BCUT2D eigenvalue weighted by atomic mass is 16.5. The van der Waals surface area contributed by atoms with E-state index >= 15 is 0 Å². The molecule has 0 aliphatic carbocycles. The van der Waals surface area contributed by atoms with E-state index in [0.717, 1.165) is 18.4 Å². The van der Waals surface area contributed by atoms with Crippen molar-refractivity contribution < 1.29 is 4.74 Å². The van der Waals surface area contributed by atoms with Crippen molar-refractivity contribution in [1.82, 2.24) is 0 Å². The molecule has 0 bridgehead atoms. The van der Waals surface area contributed by atoms with Crippen LogP contribution in [0.5, 0.6) is 0 Å². The van der Waals surface area contributed by atoms with Crippen LogP contribution in [-0.4, -0.2) is 12.2 Å². The lowest BCUT2D eigenvalue weighted by molar-refractivity contribution is 0.0275. The Hall–Kier alpha value is -1.52. The fourth-order valence-electron chi connectivity index (χ4n) is 2.40. The molecule has 1 aromatic carbocycles. The Morgan fingerprint density at radius 3 is 2.80 bits per heavy atom. The van der Waals surface area contributed by atoms with E-state index in [4.69, 9.17) is 4.74 Å². The number of benzene rings is 1. The van der Waals surface area contributed by atoms with Crippen LogP contribution in [0.4, 0.5) is 0 Å². The molecule has 1 heterocycles. The maximum Gasteiger partial charge on any atom is 0.137 e. The normalized spacial score (nSPS) is 21.2. The predicted octanol–water partition coefficient (Wildman–Crippen LogP) is 4.72. The summed E-state index contributed by atoms with van der Waals surface area (Å²) in [6.07, 6.45) is 12.0. The minimum atomic E-state index is -0.0415. The molecule has 1 aromatic rings. The molecule has 0 aromatic heterocycles. The van der Waals surface area contributed by atoms with Gasteiger partial charge in [-0.05, 0) is 31.1 Å². The van der Waals surface area contributed by atoms with Crippen molar-refractivity contribution in [3.05, 3.63) is 48.0 Å². The second kappa shape index (κ2) is 8.61. The van der Waals surface area contributed by atoms with Crippen LogP contribution in [0, 0.1) is 11.8 Å². The minimum Gasteiger partial charge on any atom is -0.358 e. The van der Waals surface area contributed by atoms with Gasteiger partial charge >= 0.3 is 0 Å². The first-order valence-electron chi connectivity index (χ1n) is 7.77. The van der Waals surface area contributed by atoms with E-state index in [-0.39, 0.29) is 6.10 Å². The van der Waals surface area contributed by atoms with Crippen molar-refractivity contribution in [2.45, 2.75) is 57.7 Å². The van der Waals surface area contributed by atoms with Crippen LogP contribution < -0.4 is 0 Å². The molecular weight excluding hydrogens is 244 g/mol. The molecule has 0 spiro atoms. The molecule has 0 unspecified atom stereocenters. The molecule has 0 saturated carbocycles. The molecule has 2 rings (SSSR count). The fourth-order valence-corrected chi connectivity index (χ4v) is 2.40. The number of hydrogen-bond donors (Lipinski definition) is 0. The predicted molar refractivity (Wildman–Crippen MR) is 84.5 cm³/mol. The smallest absolute Gasteiger partial charge is 0.137 e. The molecular formula is C19H24O. The van der Waals surface area contributed by atoms with Crippen LogP contribution in [0.1, 0.15) is 51.0 Å². The average Bonchev–Trinajstić information content (AvgIpc) is 2.51. The van der Waals surface area contributed by atoms with E-state index in [2.05, 4.69) is 30.9 Å². The van der Waals surface area contributed by atoms with Crippen LogP contribution in [0.3, 0.4) is 0 Å². The second-order valence-electron chi connectivity index (χ2n) is 5.33. The van der Waals surface area contributed by atoms with Crippen LogP contribution >= 0.6 is 0 Å². The molecule has 106 valence electrons. The molecule has 0 saturated heterocycles. The third-order valence-corrected chi connectivity index (χ3v) is 3.56. The zero-order valence-electron chi connectivity index (χ0n) is 12.3. The molecule has 0 amide bonds.